The lowest BCUT2D eigenvalue weighted by Gasteiger charge is -2.22. The van der Waals surface area contributed by atoms with Gasteiger partial charge < -0.3 is 10.2 Å². The summed E-state index contributed by atoms with van der Waals surface area (Å²) in [6.45, 7) is 3.31. The number of nitrogens with one attached hydrogen (secondary N) is 2. The van der Waals surface area contributed by atoms with Gasteiger partial charge in [-0.2, -0.15) is 0 Å². The Morgan fingerprint density at radius 3 is 2.69 bits per heavy atom. The zero-order valence-corrected chi connectivity index (χ0v) is 17.0. The van der Waals surface area contributed by atoms with Gasteiger partial charge in [-0.1, -0.05) is 31.9 Å². The first-order valence-corrected chi connectivity index (χ1v) is 9.98. The van der Waals surface area contributed by atoms with Gasteiger partial charge in [0.25, 0.3) is 10.0 Å². The SMILES string of the molecule is CCCCC(N=C1NS(=O)(=O)c2ccccc21)C(=O)N(C)CCNC.Cl. The number of hydrogen-bond acceptors (Lipinski definition) is 5. The maximum Gasteiger partial charge on any atom is 0.263 e. The van der Waals surface area contributed by atoms with Crippen molar-refractivity contribution in [3.05, 3.63) is 29.8 Å². The Bertz CT molecular complexity index is 752. The van der Waals surface area contributed by atoms with E-state index in [1.54, 1.807) is 36.2 Å². The number of carbonyl (C=O) groups excluding carboxylic acids is 1. The Morgan fingerprint density at radius 1 is 1.35 bits per heavy atom. The zero-order chi connectivity index (χ0) is 18.4. The third-order valence-corrected chi connectivity index (χ3v) is 5.53. The number of nitrogens with zero attached hydrogens (tertiary/aromatic N) is 2. The molecule has 0 saturated carbocycles. The highest BCUT2D eigenvalue weighted by atomic mass is 35.5. The fourth-order valence-electron chi connectivity index (χ4n) is 2.67. The smallest absolute Gasteiger partial charge is 0.263 e. The molecule has 0 spiro atoms. The van der Waals surface area contributed by atoms with E-state index in [0.29, 0.717) is 25.1 Å². The summed E-state index contributed by atoms with van der Waals surface area (Å²) in [6.07, 6.45) is 2.38. The van der Waals surface area contributed by atoms with Gasteiger partial charge in [0.1, 0.15) is 11.9 Å². The van der Waals surface area contributed by atoms with Crippen LogP contribution in [-0.4, -0.2) is 58.3 Å². The monoisotopic (exact) mass is 402 g/mol. The topological polar surface area (TPSA) is 90.9 Å². The first kappa shape index (κ1) is 22.4. The fourth-order valence-corrected chi connectivity index (χ4v) is 3.91. The molecule has 0 aliphatic carbocycles. The number of amides is 1. The molecule has 0 radical (unpaired) electrons. The molecular weight excluding hydrogens is 376 g/mol. The Labute approximate surface area is 161 Å². The van der Waals surface area contributed by atoms with Crippen LogP contribution in [0.4, 0.5) is 0 Å². The molecule has 2 N–H and O–H groups in total. The van der Waals surface area contributed by atoms with Crippen LogP contribution in [-0.2, 0) is 14.8 Å². The number of rotatable bonds is 8. The van der Waals surface area contributed by atoms with Crippen molar-refractivity contribution in [1.29, 1.82) is 0 Å². The maximum absolute atomic E-state index is 12.7. The van der Waals surface area contributed by atoms with Crippen LogP contribution in [0.3, 0.4) is 0 Å². The van der Waals surface area contributed by atoms with E-state index in [-0.39, 0.29) is 29.0 Å². The molecule has 0 aromatic heterocycles. The largest absolute Gasteiger partial charge is 0.343 e. The van der Waals surface area contributed by atoms with Crippen molar-refractivity contribution in [2.75, 3.05) is 27.2 Å². The van der Waals surface area contributed by atoms with Crippen LogP contribution in [0.1, 0.15) is 31.7 Å². The van der Waals surface area contributed by atoms with Gasteiger partial charge in [-0.05, 0) is 25.6 Å². The number of sulfonamides is 1. The highest BCUT2D eigenvalue weighted by Crippen LogP contribution is 2.23. The predicted molar refractivity (Wildman–Crippen MR) is 105 cm³/mol. The minimum atomic E-state index is -3.60. The lowest BCUT2D eigenvalue weighted by atomic mass is 10.1. The summed E-state index contributed by atoms with van der Waals surface area (Å²) >= 11 is 0. The Morgan fingerprint density at radius 2 is 2.04 bits per heavy atom. The van der Waals surface area contributed by atoms with Gasteiger partial charge in [-0.25, -0.2) is 8.42 Å². The van der Waals surface area contributed by atoms with Crippen molar-refractivity contribution in [2.45, 2.75) is 37.1 Å². The van der Waals surface area contributed by atoms with Crippen molar-refractivity contribution < 1.29 is 13.2 Å². The van der Waals surface area contributed by atoms with Crippen LogP contribution in [0.25, 0.3) is 0 Å². The van der Waals surface area contributed by atoms with E-state index < -0.39 is 16.1 Å². The summed E-state index contributed by atoms with van der Waals surface area (Å²) in [4.78, 5) is 19.1. The number of likely N-dealkylation sites (N-methyl/N-ethyl adjacent to an activating group) is 2. The molecule has 146 valence electrons. The van der Waals surface area contributed by atoms with Crippen molar-refractivity contribution in [1.82, 2.24) is 14.9 Å². The third-order valence-electron chi connectivity index (χ3n) is 4.14. The standard InChI is InChI=1S/C17H26N4O3S.ClH/c1-4-5-9-14(17(22)21(3)12-11-18-2)19-16-13-8-6-7-10-15(13)25(23,24)20-16;/h6-8,10,14,18H,4-5,9,11-12H2,1-3H3,(H,19,20);1H. The van der Waals surface area contributed by atoms with Gasteiger partial charge in [-0.3, -0.25) is 14.5 Å². The van der Waals surface area contributed by atoms with Gasteiger partial charge in [-0.15, -0.1) is 12.4 Å². The molecule has 0 fully saturated rings. The number of carbonyl (C=O) groups is 1. The van der Waals surface area contributed by atoms with Gasteiger partial charge in [0.2, 0.25) is 5.91 Å². The molecule has 7 nitrogen and oxygen atoms in total. The molecule has 9 heteroatoms. The summed E-state index contributed by atoms with van der Waals surface area (Å²) in [5.41, 5.74) is 0.523. The molecule has 2 rings (SSSR count). The van der Waals surface area contributed by atoms with Gasteiger partial charge in [0, 0.05) is 25.7 Å². The predicted octanol–water partition coefficient (Wildman–Crippen LogP) is 1.38. The second-order valence-corrected chi connectivity index (χ2v) is 7.75. The molecule has 1 aliphatic heterocycles. The van der Waals surface area contributed by atoms with E-state index in [9.17, 15) is 13.2 Å². The Hall–Kier alpha value is -1.64. The van der Waals surface area contributed by atoms with E-state index in [1.807, 2.05) is 14.0 Å². The lowest BCUT2D eigenvalue weighted by Crippen LogP contribution is -2.40. The minimum Gasteiger partial charge on any atom is -0.343 e. The molecule has 1 amide bonds. The summed E-state index contributed by atoms with van der Waals surface area (Å²) in [5.74, 6) is 0.159. The Balaban J connectivity index is 0.00000338. The number of unbranched alkanes of at least 4 members (excludes halogenated alkanes) is 1. The second kappa shape index (κ2) is 9.89. The van der Waals surface area contributed by atoms with Gasteiger partial charge >= 0.3 is 0 Å². The summed E-state index contributed by atoms with van der Waals surface area (Å²) < 4.78 is 26.9. The molecule has 1 heterocycles. The third kappa shape index (κ3) is 5.18. The average molecular weight is 403 g/mol. The number of benzene rings is 1. The van der Waals surface area contributed by atoms with E-state index >= 15 is 0 Å². The molecular formula is C17H27ClN4O3S. The molecule has 26 heavy (non-hydrogen) atoms. The summed E-state index contributed by atoms with van der Waals surface area (Å²) in [6, 6.07) is 6.09. The van der Waals surface area contributed by atoms with Crippen LogP contribution in [0, 0.1) is 0 Å². The van der Waals surface area contributed by atoms with Crippen LogP contribution < -0.4 is 10.0 Å². The Kier molecular flexibility index (Phi) is 8.52. The summed E-state index contributed by atoms with van der Waals surface area (Å²) in [5, 5.41) is 3.01. The fraction of sp³-hybridized carbons (Fsp3) is 0.529. The molecule has 1 aliphatic rings. The number of halogens is 1. The maximum atomic E-state index is 12.7. The van der Waals surface area contributed by atoms with Crippen molar-refractivity contribution >= 4 is 34.2 Å². The molecule has 1 aromatic carbocycles. The minimum absolute atomic E-state index is 0. The van der Waals surface area contributed by atoms with E-state index in [1.165, 1.54) is 0 Å². The van der Waals surface area contributed by atoms with Gasteiger partial charge in [0.15, 0.2) is 0 Å². The van der Waals surface area contributed by atoms with E-state index in [4.69, 9.17) is 0 Å². The normalized spacial score (nSPS) is 17.1. The number of fused-ring (bicyclic) bond motifs is 1. The van der Waals surface area contributed by atoms with Crippen LogP contribution in [0.15, 0.2) is 34.2 Å². The van der Waals surface area contributed by atoms with Gasteiger partial charge in [0.05, 0.1) is 4.90 Å². The lowest BCUT2D eigenvalue weighted by molar-refractivity contribution is -0.131. The van der Waals surface area contributed by atoms with Crippen LogP contribution >= 0.6 is 12.4 Å². The quantitative estimate of drug-likeness (QED) is 0.687. The van der Waals surface area contributed by atoms with Crippen molar-refractivity contribution in [3.8, 4) is 0 Å². The second-order valence-electron chi connectivity index (χ2n) is 6.10. The average Bonchev–Trinajstić information content (AvgIpc) is 2.86. The first-order chi connectivity index (χ1) is 11.9. The van der Waals surface area contributed by atoms with Crippen LogP contribution in [0.2, 0.25) is 0 Å². The number of hydrogen-bond donors (Lipinski definition) is 2. The first-order valence-electron chi connectivity index (χ1n) is 8.50. The highest BCUT2D eigenvalue weighted by molar-refractivity contribution is 7.90. The molecule has 1 atom stereocenters. The zero-order valence-electron chi connectivity index (χ0n) is 15.4. The number of aliphatic imine (C=N–C) groups is 1. The molecule has 0 bridgehead atoms. The molecule has 1 unspecified atom stereocenters. The molecule has 0 saturated heterocycles. The highest BCUT2D eigenvalue weighted by Gasteiger charge is 2.32. The van der Waals surface area contributed by atoms with E-state index in [0.717, 1.165) is 12.8 Å². The van der Waals surface area contributed by atoms with Crippen LogP contribution in [0.5, 0.6) is 0 Å². The number of amidine groups is 1. The molecule has 1 aromatic rings. The van der Waals surface area contributed by atoms with Crippen molar-refractivity contribution in [3.63, 3.8) is 0 Å². The van der Waals surface area contributed by atoms with Crippen molar-refractivity contribution in [2.24, 2.45) is 4.99 Å². The van der Waals surface area contributed by atoms with E-state index in [2.05, 4.69) is 15.0 Å². The summed E-state index contributed by atoms with van der Waals surface area (Å²) in [7, 11) is -0.0244.